The van der Waals surface area contributed by atoms with Gasteiger partial charge in [-0.2, -0.15) is 14.4 Å². The highest BCUT2D eigenvalue weighted by Crippen LogP contribution is 2.37. The zero-order valence-corrected chi connectivity index (χ0v) is 66.4. The summed E-state index contributed by atoms with van der Waals surface area (Å²) in [6.07, 6.45) is 3.71. The molecular weight excluding hydrogens is 1670 g/mol. The molecule has 16 aromatic rings. The number of carboxylic acid groups (broad SMARTS) is 1. The van der Waals surface area contributed by atoms with Crippen LogP contribution in [0.5, 0.6) is 0 Å². The van der Waals surface area contributed by atoms with E-state index in [1.165, 1.54) is 6.07 Å². The number of hydrogen-bond acceptors (Lipinski definition) is 18. The Morgan fingerprint density at radius 3 is 1.32 bits per heavy atom. The third-order valence-electron chi connectivity index (χ3n) is 16.9. The van der Waals surface area contributed by atoms with Crippen LogP contribution >= 0.6 is 63.7 Å². The minimum atomic E-state index is -0.829. The van der Waals surface area contributed by atoms with Crippen molar-refractivity contribution in [2.45, 2.75) is 38.9 Å². The predicted molar refractivity (Wildman–Crippen MR) is 458 cm³/mol. The summed E-state index contributed by atoms with van der Waals surface area (Å²) >= 11 is 13.3. The van der Waals surface area contributed by atoms with Crippen molar-refractivity contribution in [3.8, 4) is 22.5 Å². The van der Waals surface area contributed by atoms with Crippen molar-refractivity contribution >= 4 is 185 Å². The number of benzene rings is 12. The van der Waals surface area contributed by atoms with E-state index in [1.54, 1.807) is 0 Å². The number of nitrogens with one attached hydrogen (secondary N) is 2. The van der Waals surface area contributed by atoms with E-state index in [9.17, 15) is 14.5 Å². The van der Waals surface area contributed by atoms with Crippen LogP contribution < -0.4 is 44.8 Å². The van der Waals surface area contributed by atoms with Gasteiger partial charge in [0.2, 0.25) is 5.82 Å². The van der Waals surface area contributed by atoms with Crippen molar-refractivity contribution in [1.29, 1.82) is 0 Å². The van der Waals surface area contributed by atoms with Gasteiger partial charge in [-0.1, -0.05) is 173 Å². The Hall–Kier alpha value is -12.2. The number of nitrogens with zero attached hydrogens (tertiary/aromatic N) is 7. The lowest BCUT2D eigenvalue weighted by Gasteiger charge is -2.32. The van der Waals surface area contributed by atoms with Crippen LogP contribution in [0.25, 0.3) is 66.8 Å². The number of para-hydroxylation sites is 5. The Balaban J connectivity index is 0.000000140. The molecule has 1 aliphatic rings. The molecule has 0 atom stereocenters. The summed E-state index contributed by atoms with van der Waals surface area (Å²) < 4.78 is 43.0. The smallest absolute Gasteiger partial charge is 0.483 e. The lowest BCUT2D eigenvalue weighted by molar-refractivity contribution is -0.387. The number of halogens is 5. The molecule has 562 valence electrons. The number of nitro benzene ring substituents is 1. The minimum Gasteiger partial charge on any atom is -0.483 e. The first-order valence-electron chi connectivity index (χ1n) is 33.9. The summed E-state index contributed by atoms with van der Waals surface area (Å²) in [6, 6.07) is 89.1. The van der Waals surface area contributed by atoms with Crippen LogP contribution in [0, 0.1) is 15.9 Å². The first-order chi connectivity index (χ1) is 53.3. The van der Waals surface area contributed by atoms with Gasteiger partial charge in [0.15, 0.2) is 11.2 Å². The molecule has 22 nitrogen and oxygen atoms in total. The summed E-state index contributed by atoms with van der Waals surface area (Å²) in [7, 11) is -0.396. The molecule has 13 N–H and O–H groups in total. The average Bonchev–Trinajstić information content (AvgIpc) is 1.44. The van der Waals surface area contributed by atoms with E-state index in [0.29, 0.717) is 21.2 Å². The molecule has 0 saturated carbocycles. The molecule has 0 radical (unpaired) electrons. The lowest BCUT2D eigenvalue weighted by Crippen LogP contribution is -2.41. The molecule has 28 heteroatoms. The SMILES string of the molecule is Brc1ccc2ncn(-c3ccccc3)c2c1.CC1(C)OB(c2ccc3oc(N)nc3c2)OC1(C)C.Nc1ccc(Br)cc1Nc1ccccc1.Nc1ccc(Br)cc1Nc1ccccc1.Nc1ccccc1.Nc1nc2cc(-c3ccc4ncn(-c5ccccc5)c4c3)ccc2o1.O=CO.O=[N+]([O-])c1ccc(Br)cc1F. The van der Waals surface area contributed by atoms with Crippen LogP contribution in [0.1, 0.15) is 27.7 Å². The molecule has 12 aromatic carbocycles. The monoisotopic (exact) mass is 1740 g/mol. The van der Waals surface area contributed by atoms with E-state index in [1.807, 2.05) is 259 Å². The third-order valence-corrected chi connectivity index (χ3v) is 18.8. The van der Waals surface area contributed by atoms with Crippen molar-refractivity contribution in [2.24, 2.45) is 0 Å². The summed E-state index contributed by atoms with van der Waals surface area (Å²) in [5.74, 6) is -0.829. The number of nitro groups is 1. The van der Waals surface area contributed by atoms with E-state index in [0.717, 1.165) is 121 Å². The van der Waals surface area contributed by atoms with Gasteiger partial charge in [0.25, 0.3) is 18.5 Å². The zero-order valence-electron chi connectivity index (χ0n) is 60.1. The van der Waals surface area contributed by atoms with Crippen molar-refractivity contribution in [3.63, 3.8) is 0 Å². The number of carbonyl (C=O) groups is 1. The zero-order chi connectivity index (χ0) is 79.2. The van der Waals surface area contributed by atoms with Crippen LogP contribution in [0.3, 0.4) is 0 Å². The standard InChI is InChI=1S/C20H14N4O.C13H17BN2O3.C13H9BrN2.2C12H11BrN2.C6H3BrFNO2.C6H7N.CH2O2/c21-20-23-17-10-13(7-9-19(17)25-20)14-6-8-16-18(11-14)24(12-22-16)15-4-2-1-3-5-15;1-12(2)13(3,4)19-14(18-12)8-5-6-10-9(7-8)16-11(15)17-10;14-10-6-7-12-13(8-10)16(9-15-12)11-4-2-1-3-5-11;2*13-9-6-7-11(14)12(8-9)15-10-4-2-1-3-5-10;7-4-1-2-6(9(10)11)5(8)3-4;7-6-4-2-1-3-5-6;2-1-3/h1-12H,(H2,21,23);5-7H,1-4H3,(H2,15,16);1-9H;2*1-8,15H,14H2;1-3H;1-5H,7H2;1H,(H,2,3). The van der Waals surface area contributed by atoms with Gasteiger partial charge >= 0.3 is 12.8 Å². The Kier molecular flexibility index (Phi) is 28.0. The van der Waals surface area contributed by atoms with Gasteiger partial charge in [0, 0.05) is 52.4 Å². The van der Waals surface area contributed by atoms with E-state index < -0.39 is 23.5 Å². The summed E-state index contributed by atoms with van der Waals surface area (Å²) in [5.41, 5.74) is 45.5. The Morgan fingerprint density at radius 2 is 0.865 bits per heavy atom. The lowest BCUT2D eigenvalue weighted by atomic mass is 9.79. The molecule has 0 unspecified atom stereocenters. The largest absolute Gasteiger partial charge is 0.494 e. The molecule has 1 aliphatic heterocycles. The van der Waals surface area contributed by atoms with Crippen LogP contribution in [-0.4, -0.2) is 63.9 Å². The molecular formula is C83H74BBr4FN14O8. The first-order valence-corrected chi connectivity index (χ1v) is 37.1. The maximum Gasteiger partial charge on any atom is 0.494 e. The van der Waals surface area contributed by atoms with Crippen molar-refractivity contribution < 1.29 is 37.4 Å². The fourth-order valence-corrected chi connectivity index (χ4v) is 12.1. The second-order valence-electron chi connectivity index (χ2n) is 25.2. The Labute approximate surface area is 672 Å². The number of imidazole rings is 2. The van der Waals surface area contributed by atoms with E-state index in [-0.39, 0.29) is 29.7 Å². The molecule has 5 heterocycles. The number of fused-ring (bicyclic) bond motifs is 4. The fraction of sp³-hybridized carbons (Fsp3) is 0.0723. The van der Waals surface area contributed by atoms with Crippen LogP contribution in [0.2, 0.25) is 0 Å². The number of nitrogens with two attached hydrogens (primary N) is 5. The molecule has 1 fully saturated rings. The van der Waals surface area contributed by atoms with Gasteiger partial charge in [-0.05, 0) is 208 Å². The highest BCUT2D eigenvalue weighted by Gasteiger charge is 2.51. The summed E-state index contributed by atoms with van der Waals surface area (Å²) in [6.45, 7) is 7.86. The fourth-order valence-electron chi connectivity index (χ4n) is 10.7. The number of aromatic nitrogens is 6. The number of oxazole rings is 2. The molecule has 17 rings (SSSR count). The van der Waals surface area contributed by atoms with Gasteiger partial charge < -0.3 is 62.6 Å². The molecule has 0 amide bonds. The average molecular weight is 1750 g/mol. The van der Waals surface area contributed by atoms with E-state index >= 15 is 0 Å². The quantitative estimate of drug-likeness (QED) is 0.0219. The third kappa shape index (κ3) is 22.5. The normalized spacial score (nSPS) is 12.0. The van der Waals surface area contributed by atoms with Gasteiger partial charge in [-0.15, -0.1) is 0 Å². The van der Waals surface area contributed by atoms with E-state index in [4.69, 9.17) is 56.7 Å². The maximum atomic E-state index is 12.6. The second-order valence-corrected chi connectivity index (χ2v) is 28.8. The number of rotatable bonds is 9. The molecule has 0 spiro atoms. The topological polar surface area (TPSA) is 341 Å². The molecule has 4 aromatic heterocycles. The van der Waals surface area contributed by atoms with Crippen LogP contribution in [0.15, 0.2) is 318 Å². The molecule has 0 bridgehead atoms. The van der Waals surface area contributed by atoms with Crippen LogP contribution in [0.4, 0.5) is 61.9 Å². The summed E-state index contributed by atoms with van der Waals surface area (Å²) in [4.78, 5) is 34.9. The highest BCUT2D eigenvalue weighted by molar-refractivity contribution is 9.11. The Bertz CT molecular complexity index is 5650. The van der Waals surface area contributed by atoms with Crippen molar-refractivity contribution in [1.82, 2.24) is 29.1 Å². The predicted octanol–water partition coefficient (Wildman–Crippen LogP) is 20.9. The molecule has 1 saturated heterocycles. The summed E-state index contributed by atoms with van der Waals surface area (Å²) in [5, 5.41) is 23.5. The van der Waals surface area contributed by atoms with Crippen LogP contribution in [-0.2, 0) is 14.1 Å². The number of hydrogen-bond donors (Lipinski definition) is 8. The molecule has 111 heavy (non-hydrogen) atoms. The number of anilines is 9. The van der Waals surface area contributed by atoms with Gasteiger partial charge in [-0.25, -0.2) is 9.97 Å². The first kappa shape index (κ1) is 81.3. The highest BCUT2D eigenvalue weighted by atomic mass is 79.9. The minimum absolute atomic E-state index is 0.168. The Morgan fingerprint density at radius 1 is 0.477 bits per heavy atom. The van der Waals surface area contributed by atoms with Crippen molar-refractivity contribution in [3.05, 3.63) is 326 Å². The maximum absolute atomic E-state index is 12.6. The van der Waals surface area contributed by atoms with E-state index in [2.05, 4.69) is 146 Å². The molecule has 0 aliphatic carbocycles. The van der Waals surface area contributed by atoms with Gasteiger partial charge in [-0.3, -0.25) is 24.0 Å². The van der Waals surface area contributed by atoms with Crippen molar-refractivity contribution in [2.75, 3.05) is 39.3 Å². The van der Waals surface area contributed by atoms with Gasteiger partial charge in [0.05, 0.1) is 60.9 Å². The number of nitrogen functional groups attached to an aromatic ring is 5. The second kappa shape index (κ2) is 38.3. The van der Waals surface area contributed by atoms with Gasteiger partial charge in [0.1, 0.15) is 23.7 Å².